The lowest BCUT2D eigenvalue weighted by molar-refractivity contribution is -0.151. The Hall–Kier alpha value is -2.96. The number of carbonyl (C=O) groups excluding carboxylic acids is 2. The number of allylic oxidation sites excluding steroid dienone is 14. The van der Waals surface area contributed by atoms with Crippen molar-refractivity contribution in [2.24, 2.45) is 0 Å². The molecule has 0 aromatic carbocycles. The highest BCUT2D eigenvalue weighted by Gasteiger charge is 2.24. The fourth-order valence-electron chi connectivity index (χ4n) is 7.90. The maximum absolute atomic E-state index is 13.2. The third-order valence-corrected chi connectivity index (χ3v) is 12.1. The number of hydrogen-bond donors (Lipinski definition) is 3. The molecule has 3 N–H and O–H groups in total. The van der Waals surface area contributed by atoms with E-state index in [1.54, 1.807) is 0 Å². The van der Waals surface area contributed by atoms with Gasteiger partial charge < -0.3 is 20.3 Å². The van der Waals surface area contributed by atoms with Crippen LogP contribution in [0.2, 0.25) is 0 Å². The minimum atomic E-state index is -0.798. The molecule has 0 heterocycles. The topological polar surface area (TPSA) is 95.9 Å². The normalized spacial score (nSPS) is 13.9. The van der Waals surface area contributed by atoms with Gasteiger partial charge in [0.25, 0.3) is 0 Å². The van der Waals surface area contributed by atoms with Crippen molar-refractivity contribution in [1.29, 1.82) is 0 Å². The van der Waals surface area contributed by atoms with E-state index in [0.29, 0.717) is 19.3 Å². The highest BCUT2D eigenvalue weighted by atomic mass is 16.5. The third kappa shape index (κ3) is 47.3. The zero-order chi connectivity index (χ0) is 47.4. The predicted octanol–water partition coefficient (Wildman–Crippen LogP) is 16.7. The van der Waals surface area contributed by atoms with Gasteiger partial charge in [-0.3, -0.25) is 9.59 Å². The molecule has 0 fully saturated rings. The first-order valence-corrected chi connectivity index (χ1v) is 27.4. The lowest BCUT2D eigenvalue weighted by atomic mass is 10.0. The molecule has 3 unspecified atom stereocenters. The molecule has 0 aliphatic carbocycles. The summed E-state index contributed by atoms with van der Waals surface area (Å²) in [7, 11) is 0. The standard InChI is InChI=1S/C59H103NO5/c1-4-7-10-13-16-19-22-24-26-28-30-32-34-37-40-43-46-49-52-59(64)65-55(50-47-44-41-38-36-33-31-29-27-25-23-20-17-14-11-8-5-2)53-58(63)60-56(54-61)57(62)51-48-45-42-39-35-21-18-15-12-9-6-3/h10,13,16-17,19-20,22,24-28,30,32,55-57,61-62H,4-9,11-12,14-15,18,21,23,29,31,33-54H2,1-3H3,(H,60,63)/b13-10+,19-16+,20-17-,24-22+,27-25-,28-26+,32-30+. The van der Waals surface area contributed by atoms with E-state index in [-0.39, 0.29) is 24.9 Å². The minimum absolute atomic E-state index is 0.0579. The quantitative estimate of drug-likeness (QED) is 0.0245. The van der Waals surface area contributed by atoms with Crippen molar-refractivity contribution in [1.82, 2.24) is 5.32 Å². The van der Waals surface area contributed by atoms with Crippen molar-refractivity contribution in [3.8, 4) is 0 Å². The number of rotatable bonds is 48. The molecule has 6 nitrogen and oxygen atoms in total. The van der Waals surface area contributed by atoms with Crippen LogP contribution < -0.4 is 5.32 Å². The number of carbonyl (C=O) groups is 2. The monoisotopic (exact) mass is 906 g/mol. The Morgan fingerprint density at radius 1 is 0.462 bits per heavy atom. The van der Waals surface area contributed by atoms with E-state index in [4.69, 9.17) is 4.74 Å². The first-order valence-electron chi connectivity index (χ1n) is 27.4. The molecule has 0 aromatic heterocycles. The van der Waals surface area contributed by atoms with Gasteiger partial charge in [0.05, 0.1) is 25.2 Å². The lowest BCUT2D eigenvalue weighted by Gasteiger charge is -2.24. The number of amides is 1. The van der Waals surface area contributed by atoms with Crippen LogP contribution in [0.15, 0.2) is 85.1 Å². The van der Waals surface area contributed by atoms with Gasteiger partial charge in [0.15, 0.2) is 0 Å². The molecule has 374 valence electrons. The second-order valence-corrected chi connectivity index (χ2v) is 18.4. The Bertz CT molecular complexity index is 1250. The van der Waals surface area contributed by atoms with Crippen LogP contribution in [0.4, 0.5) is 0 Å². The Labute approximate surface area is 402 Å². The van der Waals surface area contributed by atoms with Gasteiger partial charge in [-0.25, -0.2) is 0 Å². The van der Waals surface area contributed by atoms with Gasteiger partial charge in [-0.05, 0) is 77.0 Å². The molecule has 0 saturated heterocycles. The summed E-state index contributed by atoms with van der Waals surface area (Å²) in [4.78, 5) is 26.2. The molecule has 65 heavy (non-hydrogen) atoms. The molecule has 0 saturated carbocycles. The lowest BCUT2D eigenvalue weighted by Crippen LogP contribution is -2.46. The fraction of sp³-hybridized carbons (Fsp3) is 0.729. The second-order valence-electron chi connectivity index (χ2n) is 18.4. The van der Waals surface area contributed by atoms with Crippen LogP contribution in [-0.2, 0) is 14.3 Å². The zero-order valence-corrected chi connectivity index (χ0v) is 42.6. The number of nitrogens with one attached hydrogen (secondary N) is 1. The zero-order valence-electron chi connectivity index (χ0n) is 42.6. The summed E-state index contributed by atoms with van der Waals surface area (Å²) in [5.41, 5.74) is 0. The molecule has 3 atom stereocenters. The highest BCUT2D eigenvalue weighted by molar-refractivity contribution is 5.77. The van der Waals surface area contributed by atoms with Crippen molar-refractivity contribution in [3.05, 3.63) is 85.1 Å². The maximum Gasteiger partial charge on any atom is 0.306 e. The number of unbranched alkanes of at least 4 members (excludes halogenated alkanes) is 26. The molecule has 6 heteroatoms. The molecule has 0 radical (unpaired) electrons. The molecule has 0 rings (SSSR count). The molecular formula is C59H103NO5. The van der Waals surface area contributed by atoms with Crippen LogP contribution in [-0.4, -0.2) is 46.9 Å². The van der Waals surface area contributed by atoms with Crippen LogP contribution in [0.25, 0.3) is 0 Å². The Morgan fingerprint density at radius 3 is 1.40 bits per heavy atom. The van der Waals surface area contributed by atoms with Gasteiger partial charge in [-0.1, -0.05) is 247 Å². The maximum atomic E-state index is 13.2. The summed E-state index contributed by atoms with van der Waals surface area (Å²) in [6.07, 6.45) is 67.7. The van der Waals surface area contributed by atoms with E-state index in [9.17, 15) is 19.8 Å². The van der Waals surface area contributed by atoms with Gasteiger partial charge in [0, 0.05) is 6.42 Å². The van der Waals surface area contributed by atoms with Gasteiger partial charge in [0.1, 0.15) is 6.10 Å². The van der Waals surface area contributed by atoms with Crippen molar-refractivity contribution < 1.29 is 24.5 Å². The number of aliphatic hydroxyl groups is 2. The summed E-state index contributed by atoms with van der Waals surface area (Å²) in [6, 6.07) is -0.714. The van der Waals surface area contributed by atoms with Crippen molar-refractivity contribution in [3.63, 3.8) is 0 Å². The van der Waals surface area contributed by atoms with E-state index >= 15 is 0 Å². The first kappa shape index (κ1) is 62.0. The van der Waals surface area contributed by atoms with Gasteiger partial charge in [0.2, 0.25) is 5.91 Å². The summed E-state index contributed by atoms with van der Waals surface area (Å²) in [5, 5.41) is 23.8. The van der Waals surface area contributed by atoms with Crippen LogP contribution >= 0.6 is 0 Å². The van der Waals surface area contributed by atoms with Gasteiger partial charge in [-0.2, -0.15) is 0 Å². The molecule has 1 amide bonds. The number of esters is 1. The number of aliphatic hydroxyl groups excluding tert-OH is 2. The van der Waals surface area contributed by atoms with Crippen LogP contribution in [0.3, 0.4) is 0 Å². The Balaban J connectivity index is 4.66. The summed E-state index contributed by atoms with van der Waals surface area (Å²) < 4.78 is 5.94. The SMILES string of the molecule is CCC/C=C/C=C/C=C/C=C/C=C/CCCCCCCC(=O)OC(CCCCCCCCC/C=C\C/C=C\CCCCC)CC(=O)NC(CO)C(O)CCCCCCCCCCCCC. The number of hydrogen-bond acceptors (Lipinski definition) is 5. The summed E-state index contributed by atoms with van der Waals surface area (Å²) in [5.74, 6) is -0.511. The van der Waals surface area contributed by atoms with Crippen molar-refractivity contribution >= 4 is 11.9 Å². The van der Waals surface area contributed by atoms with Gasteiger partial charge >= 0.3 is 5.97 Å². The summed E-state index contributed by atoms with van der Waals surface area (Å²) >= 11 is 0. The number of ether oxygens (including phenoxy) is 1. The van der Waals surface area contributed by atoms with Crippen molar-refractivity contribution in [2.45, 2.75) is 270 Å². The molecule has 0 spiro atoms. The van der Waals surface area contributed by atoms with Crippen LogP contribution in [0, 0.1) is 0 Å². The minimum Gasteiger partial charge on any atom is -0.462 e. The third-order valence-electron chi connectivity index (χ3n) is 12.1. The Morgan fingerprint density at radius 2 is 0.877 bits per heavy atom. The van der Waals surface area contributed by atoms with Crippen molar-refractivity contribution in [2.75, 3.05) is 6.61 Å². The Kier molecular flexibility index (Phi) is 49.6. The van der Waals surface area contributed by atoms with E-state index in [1.807, 2.05) is 24.3 Å². The van der Waals surface area contributed by atoms with E-state index < -0.39 is 18.2 Å². The molecule has 0 bridgehead atoms. The smallest absolute Gasteiger partial charge is 0.306 e. The molecule has 0 aliphatic rings. The highest BCUT2D eigenvalue weighted by Crippen LogP contribution is 2.18. The predicted molar refractivity (Wildman–Crippen MR) is 282 cm³/mol. The second kappa shape index (κ2) is 52.0. The van der Waals surface area contributed by atoms with E-state index in [1.165, 1.54) is 109 Å². The van der Waals surface area contributed by atoms with Gasteiger partial charge in [-0.15, -0.1) is 0 Å². The average molecular weight is 906 g/mol. The molecule has 0 aromatic rings. The van der Waals surface area contributed by atoms with E-state index in [2.05, 4.69) is 86.8 Å². The van der Waals surface area contributed by atoms with Crippen LogP contribution in [0.5, 0.6) is 0 Å². The first-order chi connectivity index (χ1) is 32.0. The summed E-state index contributed by atoms with van der Waals surface area (Å²) in [6.45, 7) is 6.36. The molecule has 0 aliphatic heterocycles. The van der Waals surface area contributed by atoms with E-state index in [0.717, 1.165) is 96.3 Å². The average Bonchev–Trinajstić information content (AvgIpc) is 3.30. The molecular weight excluding hydrogens is 803 g/mol. The largest absolute Gasteiger partial charge is 0.462 e. The fourth-order valence-corrected chi connectivity index (χ4v) is 7.90. The van der Waals surface area contributed by atoms with Crippen LogP contribution in [0.1, 0.15) is 252 Å².